The van der Waals surface area contributed by atoms with Crippen LogP contribution in [0, 0.1) is 6.92 Å². The number of hydrogen-bond acceptors (Lipinski definition) is 3. The van der Waals surface area contributed by atoms with Crippen LogP contribution in [0.25, 0.3) is 6.08 Å². The number of carbonyl (C=O) groups is 1. The van der Waals surface area contributed by atoms with Crippen molar-refractivity contribution in [2.24, 2.45) is 0 Å². The summed E-state index contributed by atoms with van der Waals surface area (Å²) in [6.45, 7) is 1.83. The number of aryl methyl sites for hydroxylation is 1. The van der Waals surface area contributed by atoms with Gasteiger partial charge in [-0.05, 0) is 36.8 Å². The average Bonchev–Trinajstić information content (AvgIpc) is 2.55. The molecule has 1 N–H and O–H groups in total. The molecule has 142 valence electrons. The van der Waals surface area contributed by atoms with Crippen molar-refractivity contribution in [3.8, 4) is 17.2 Å². The number of carboxylic acid groups (broad SMARTS) is 1. The van der Waals surface area contributed by atoms with Crippen molar-refractivity contribution >= 4 is 35.2 Å². The molecule has 0 saturated carbocycles. The van der Waals surface area contributed by atoms with E-state index in [0.29, 0.717) is 5.02 Å². The van der Waals surface area contributed by atoms with Crippen molar-refractivity contribution in [3.63, 3.8) is 0 Å². The summed E-state index contributed by atoms with van der Waals surface area (Å²) in [5.74, 6) is -1.65. The van der Waals surface area contributed by atoms with Crippen LogP contribution in [0.2, 0.25) is 10.0 Å². The van der Waals surface area contributed by atoms with E-state index in [-0.39, 0.29) is 27.8 Å². The summed E-state index contributed by atoms with van der Waals surface area (Å²) in [7, 11) is 0. The van der Waals surface area contributed by atoms with Crippen LogP contribution in [-0.4, -0.2) is 23.4 Å². The zero-order chi connectivity index (χ0) is 19.9. The molecule has 0 radical (unpaired) electrons. The Hall–Kier alpha value is -2.38. The van der Waals surface area contributed by atoms with Gasteiger partial charge in [0.2, 0.25) is 6.10 Å². The molecule has 1 atom stereocenters. The fraction of sp³-hybridized carbons (Fsp3) is 0.167. The number of rotatable bonds is 3. The average molecular weight is 419 g/mol. The minimum absolute atomic E-state index is 0.0225. The number of fused-ring (bicyclic) bond motifs is 1. The molecule has 0 aromatic heterocycles. The van der Waals surface area contributed by atoms with Gasteiger partial charge in [-0.1, -0.05) is 29.3 Å². The first-order valence-electron chi connectivity index (χ1n) is 7.52. The van der Waals surface area contributed by atoms with Crippen LogP contribution in [0.3, 0.4) is 0 Å². The lowest BCUT2D eigenvalue weighted by molar-refractivity contribution is -0.187. The summed E-state index contributed by atoms with van der Waals surface area (Å²) in [6, 6.07) is 7.42. The second kappa shape index (κ2) is 6.98. The van der Waals surface area contributed by atoms with E-state index >= 15 is 0 Å². The first-order valence-corrected chi connectivity index (χ1v) is 8.27. The van der Waals surface area contributed by atoms with Crippen molar-refractivity contribution < 1.29 is 32.5 Å². The van der Waals surface area contributed by atoms with E-state index in [1.54, 1.807) is 18.2 Å². The quantitative estimate of drug-likeness (QED) is 0.675. The number of carboxylic acids is 1. The van der Waals surface area contributed by atoms with E-state index < -0.39 is 23.8 Å². The van der Waals surface area contributed by atoms with E-state index in [1.165, 1.54) is 12.1 Å². The Bertz CT molecular complexity index is 954. The number of hydrogen-bond donors (Lipinski definition) is 1. The summed E-state index contributed by atoms with van der Waals surface area (Å²) >= 11 is 12.2. The maximum Gasteiger partial charge on any atom is 0.430 e. The molecule has 2 aromatic carbocycles. The van der Waals surface area contributed by atoms with Gasteiger partial charge in [0.05, 0.1) is 15.6 Å². The van der Waals surface area contributed by atoms with Crippen molar-refractivity contribution in [2.45, 2.75) is 19.2 Å². The third kappa shape index (κ3) is 3.99. The number of benzene rings is 2. The molecule has 2 aromatic rings. The third-order valence-electron chi connectivity index (χ3n) is 3.75. The van der Waals surface area contributed by atoms with E-state index in [4.69, 9.17) is 37.8 Å². The molecule has 0 saturated heterocycles. The van der Waals surface area contributed by atoms with Crippen LogP contribution < -0.4 is 9.47 Å². The number of aliphatic carboxylic acids is 1. The monoisotopic (exact) mass is 418 g/mol. The van der Waals surface area contributed by atoms with Crippen LogP contribution in [0.15, 0.2) is 35.9 Å². The van der Waals surface area contributed by atoms with Gasteiger partial charge in [-0.2, -0.15) is 13.2 Å². The Morgan fingerprint density at radius 3 is 2.41 bits per heavy atom. The summed E-state index contributed by atoms with van der Waals surface area (Å²) in [6.07, 6.45) is -6.61. The van der Waals surface area contributed by atoms with Gasteiger partial charge in [0.15, 0.2) is 0 Å². The van der Waals surface area contributed by atoms with Gasteiger partial charge in [0.1, 0.15) is 17.2 Å². The molecule has 0 bridgehead atoms. The van der Waals surface area contributed by atoms with Gasteiger partial charge in [0.25, 0.3) is 0 Å². The van der Waals surface area contributed by atoms with Gasteiger partial charge in [-0.15, -0.1) is 0 Å². The van der Waals surface area contributed by atoms with Crippen LogP contribution in [0.1, 0.15) is 11.1 Å². The van der Waals surface area contributed by atoms with Crippen molar-refractivity contribution in [1.82, 2.24) is 0 Å². The zero-order valence-corrected chi connectivity index (χ0v) is 15.1. The Kier molecular flexibility index (Phi) is 5.01. The lowest BCUT2D eigenvalue weighted by atomic mass is 10.0. The number of halogens is 5. The second-order valence-electron chi connectivity index (χ2n) is 5.80. The first kappa shape index (κ1) is 19.4. The molecule has 0 amide bonds. The van der Waals surface area contributed by atoms with Gasteiger partial charge in [-0.3, -0.25) is 0 Å². The SMILES string of the molecule is Cc1ccc(Oc2cc3c(cc2Cl)C=C(C(=O)O)C(C(F)(F)F)O3)c(Cl)c1. The number of alkyl halides is 3. The predicted octanol–water partition coefficient (Wildman–Crippen LogP) is 5.89. The molecular formula is C18H11Cl2F3O4. The number of ether oxygens (including phenoxy) is 2. The van der Waals surface area contributed by atoms with Crippen molar-refractivity contribution in [1.29, 1.82) is 0 Å². The van der Waals surface area contributed by atoms with Crippen LogP contribution in [0.5, 0.6) is 17.2 Å². The molecule has 27 heavy (non-hydrogen) atoms. The molecule has 0 fully saturated rings. The van der Waals surface area contributed by atoms with Crippen LogP contribution >= 0.6 is 23.2 Å². The molecular weight excluding hydrogens is 408 g/mol. The second-order valence-corrected chi connectivity index (χ2v) is 6.62. The lowest BCUT2D eigenvalue weighted by Crippen LogP contribution is -2.40. The van der Waals surface area contributed by atoms with E-state index in [2.05, 4.69) is 0 Å². The fourth-order valence-electron chi connectivity index (χ4n) is 2.50. The molecule has 1 aliphatic rings. The molecule has 1 unspecified atom stereocenters. The minimum Gasteiger partial charge on any atom is -0.478 e. The Labute approximate surface area is 161 Å². The zero-order valence-electron chi connectivity index (χ0n) is 13.6. The molecule has 0 aliphatic carbocycles. The maximum atomic E-state index is 13.2. The highest BCUT2D eigenvalue weighted by Crippen LogP contribution is 2.43. The molecule has 1 heterocycles. The Balaban J connectivity index is 2.02. The van der Waals surface area contributed by atoms with Gasteiger partial charge >= 0.3 is 12.1 Å². The van der Waals surface area contributed by atoms with Gasteiger partial charge in [0, 0.05) is 11.6 Å². The lowest BCUT2D eigenvalue weighted by Gasteiger charge is -2.27. The fourth-order valence-corrected chi connectivity index (χ4v) is 2.99. The van der Waals surface area contributed by atoms with E-state index in [9.17, 15) is 18.0 Å². The summed E-state index contributed by atoms with van der Waals surface area (Å²) in [5.41, 5.74) is 0.0631. The first-order chi connectivity index (χ1) is 12.6. The van der Waals surface area contributed by atoms with Crippen molar-refractivity contribution in [2.75, 3.05) is 0 Å². The largest absolute Gasteiger partial charge is 0.478 e. The highest BCUT2D eigenvalue weighted by Gasteiger charge is 2.48. The molecule has 4 nitrogen and oxygen atoms in total. The summed E-state index contributed by atoms with van der Waals surface area (Å²) < 4.78 is 50.0. The topological polar surface area (TPSA) is 55.8 Å². The third-order valence-corrected chi connectivity index (χ3v) is 4.34. The highest BCUT2D eigenvalue weighted by molar-refractivity contribution is 6.33. The smallest absolute Gasteiger partial charge is 0.430 e. The normalized spacial score (nSPS) is 16.2. The Morgan fingerprint density at radius 2 is 1.81 bits per heavy atom. The van der Waals surface area contributed by atoms with Gasteiger partial charge < -0.3 is 14.6 Å². The standard InChI is InChI=1S/C18H11Cl2F3O4/c1-8-2-3-13(11(19)4-8)26-15-7-14-9(6-12(15)20)5-10(17(24)25)16(27-14)18(21,22)23/h2-7,16H,1H3,(H,24,25). The van der Waals surface area contributed by atoms with Crippen LogP contribution in [0.4, 0.5) is 13.2 Å². The molecule has 0 spiro atoms. The minimum atomic E-state index is -4.90. The molecule has 9 heteroatoms. The predicted molar refractivity (Wildman–Crippen MR) is 93.8 cm³/mol. The van der Waals surface area contributed by atoms with E-state index in [0.717, 1.165) is 11.6 Å². The highest BCUT2D eigenvalue weighted by atomic mass is 35.5. The summed E-state index contributed by atoms with van der Waals surface area (Å²) in [5, 5.41) is 9.40. The molecule has 3 rings (SSSR count). The van der Waals surface area contributed by atoms with Crippen molar-refractivity contribution in [3.05, 3.63) is 57.1 Å². The summed E-state index contributed by atoms with van der Waals surface area (Å²) in [4.78, 5) is 11.2. The van der Waals surface area contributed by atoms with Crippen LogP contribution in [-0.2, 0) is 4.79 Å². The van der Waals surface area contributed by atoms with Gasteiger partial charge in [-0.25, -0.2) is 4.79 Å². The Morgan fingerprint density at radius 1 is 1.15 bits per heavy atom. The molecule has 1 aliphatic heterocycles. The van der Waals surface area contributed by atoms with E-state index in [1.807, 2.05) is 6.92 Å². The maximum absolute atomic E-state index is 13.2.